The number of methoxy groups -OCH3 is 1. The Balaban J connectivity index is 2.88. The molecule has 0 atom stereocenters. The van der Waals surface area contributed by atoms with Gasteiger partial charge in [-0.1, -0.05) is 0 Å². The van der Waals surface area contributed by atoms with E-state index in [-0.39, 0.29) is 35.9 Å². The number of hydrogen-bond acceptors (Lipinski definition) is 5. The summed E-state index contributed by atoms with van der Waals surface area (Å²) in [6, 6.07) is 2.65. The third kappa shape index (κ3) is 3.77. The Labute approximate surface area is 110 Å². The summed E-state index contributed by atoms with van der Waals surface area (Å²) < 4.78 is 10.4. The van der Waals surface area contributed by atoms with Gasteiger partial charge in [-0.05, 0) is 0 Å². The van der Waals surface area contributed by atoms with Gasteiger partial charge in [-0.3, -0.25) is 4.79 Å². The van der Waals surface area contributed by atoms with Crippen LogP contribution in [0, 0.1) is 0 Å². The van der Waals surface area contributed by atoms with Crippen LogP contribution in [0.1, 0.15) is 16.8 Å². The van der Waals surface area contributed by atoms with Gasteiger partial charge >= 0.3 is 5.97 Å². The molecule has 7 nitrogen and oxygen atoms in total. The lowest BCUT2D eigenvalue weighted by Gasteiger charge is -2.12. The van der Waals surface area contributed by atoms with Crippen LogP contribution in [0.2, 0.25) is 0 Å². The molecule has 0 bridgehead atoms. The van der Waals surface area contributed by atoms with Gasteiger partial charge in [0.1, 0.15) is 0 Å². The van der Waals surface area contributed by atoms with Crippen molar-refractivity contribution in [3.63, 3.8) is 0 Å². The number of carboxylic acid groups (broad SMARTS) is 1. The molecular weight excluding hydrogens is 252 g/mol. The van der Waals surface area contributed by atoms with Crippen LogP contribution >= 0.6 is 0 Å². The van der Waals surface area contributed by atoms with Gasteiger partial charge in [0, 0.05) is 19.2 Å². The second-order valence-electron chi connectivity index (χ2n) is 3.67. The van der Waals surface area contributed by atoms with Gasteiger partial charge in [-0.2, -0.15) is 0 Å². The molecule has 0 radical (unpaired) electrons. The van der Waals surface area contributed by atoms with E-state index in [1.807, 2.05) is 0 Å². The Morgan fingerprint density at radius 1 is 1.37 bits per heavy atom. The fourth-order valence-electron chi connectivity index (χ4n) is 1.41. The van der Waals surface area contributed by atoms with Crippen LogP contribution < -0.4 is 20.5 Å². The van der Waals surface area contributed by atoms with E-state index in [9.17, 15) is 9.59 Å². The van der Waals surface area contributed by atoms with Crippen molar-refractivity contribution in [2.45, 2.75) is 6.42 Å². The summed E-state index contributed by atoms with van der Waals surface area (Å²) in [5.74, 6) is -0.776. The SMILES string of the molecule is CNC(=O)CCOc1cc(C(=O)O)c(N)cc1OC. The minimum Gasteiger partial charge on any atom is -0.493 e. The third-order valence-corrected chi connectivity index (χ3v) is 2.43. The van der Waals surface area contributed by atoms with E-state index < -0.39 is 5.97 Å². The topological polar surface area (TPSA) is 111 Å². The molecule has 0 unspecified atom stereocenters. The van der Waals surface area contributed by atoms with Crippen LogP contribution in [-0.4, -0.2) is 37.7 Å². The van der Waals surface area contributed by atoms with E-state index >= 15 is 0 Å². The average molecular weight is 268 g/mol. The van der Waals surface area contributed by atoms with Crippen LogP contribution in [0.4, 0.5) is 5.69 Å². The van der Waals surface area contributed by atoms with Crippen molar-refractivity contribution in [1.82, 2.24) is 5.32 Å². The highest BCUT2D eigenvalue weighted by Crippen LogP contribution is 2.32. The number of amides is 1. The van der Waals surface area contributed by atoms with Crippen molar-refractivity contribution in [2.24, 2.45) is 0 Å². The normalized spacial score (nSPS) is 9.79. The summed E-state index contributed by atoms with van der Waals surface area (Å²) in [6.07, 6.45) is 0.159. The molecule has 0 aromatic heterocycles. The maximum Gasteiger partial charge on any atom is 0.337 e. The van der Waals surface area contributed by atoms with Crippen molar-refractivity contribution < 1.29 is 24.2 Å². The van der Waals surface area contributed by atoms with Crippen molar-refractivity contribution >= 4 is 17.6 Å². The maximum atomic E-state index is 11.0. The number of nitrogens with one attached hydrogen (secondary N) is 1. The van der Waals surface area contributed by atoms with E-state index in [0.29, 0.717) is 5.75 Å². The first-order valence-electron chi connectivity index (χ1n) is 5.53. The molecule has 4 N–H and O–H groups in total. The standard InChI is InChI=1S/C12H16N2O5/c1-14-11(15)3-4-19-10-5-7(12(16)17)8(13)6-9(10)18-2/h5-6H,3-4,13H2,1-2H3,(H,14,15)(H,16,17). The number of anilines is 1. The fraction of sp³-hybridized carbons (Fsp3) is 0.333. The predicted octanol–water partition coefficient (Wildman–Crippen LogP) is 0.490. The van der Waals surface area contributed by atoms with E-state index in [1.54, 1.807) is 0 Å². The van der Waals surface area contributed by atoms with E-state index in [0.717, 1.165) is 0 Å². The van der Waals surface area contributed by atoms with Gasteiger partial charge in [0.2, 0.25) is 5.91 Å². The monoisotopic (exact) mass is 268 g/mol. The molecule has 0 fully saturated rings. The molecule has 1 amide bonds. The van der Waals surface area contributed by atoms with Crippen molar-refractivity contribution in [3.05, 3.63) is 17.7 Å². The van der Waals surface area contributed by atoms with Crippen LogP contribution in [0.25, 0.3) is 0 Å². The lowest BCUT2D eigenvalue weighted by molar-refractivity contribution is -0.121. The summed E-state index contributed by atoms with van der Waals surface area (Å²) in [5, 5.41) is 11.4. The molecule has 0 spiro atoms. The summed E-state index contributed by atoms with van der Waals surface area (Å²) in [7, 11) is 2.94. The lowest BCUT2D eigenvalue weighted by Crippen LogP contribution is -2.20. The summed E-state index contributed by atoms with van der Waals surface area (Å²) in [6.45, 7) is 0.110. The molecule has 19 heavy (non-hydrogen) atoms. The number of benzene rings is 1. The highest BCUT2D eigenvalue weighted by atomic mass is 16.5. The number of nitrogen functional groups attached to an aromatic ring is 1. The van der Waals surface area contributed by atoms with E-state index in [4.69, 9.17) is 20.3 Å². The zero-order chi connectivity index (χ0) is 14.4. The molecule has 0 aliphatic rings. The van der Waals surface area contributed by atoms with Gasteiger partial charge in [0.05, 0.1) is 31.4 Å². The number of carbonyl (C=O) groups is 2. The fourth-order valence-corrected chi connectivity index (χ4v) is 1.41. The van der Waals surface area contributed by atoms with Gasteiger partial charge in [-0.25, -0.2) is 4.79 Å². The molecule has 0 saturated carbocycles. The van der Waals surface area contributed by atoms with Crippen molar-refractivity contribution in [3.8, 4) is 11.5 Å². The van der Waals surface area contributed by atoms with Gasteiger partial charge in [0.25, 0.3) is 0 Å². The average Bonchev–Trinajstić information content (AvgIpc) is 2.39. The Morgan fingerprint density at radius 2 is 2.05 bits per heavy atom. The molecule has 0 aliphatic heterocycles. The lowest BCUT2D eigenvalue weighted by atomic mass is 10.1. The van der Waals surface area contributed by atoms with Crippen molar-refractivity contribution in [1.29, 1.82) is 0 Å². The molecular formula is C12H16N2O5. The molecule has 7 heteroatoms. The Hall–Kier alpha value is -2.44. The van der Waals surface area contributed by atoms with Gasteiger partial charge in [-0.15, -0.1) is 0 Å². The second-order valence-corrected chi connectivity index (χ2v) is 3.67. The van der Waals surface area contributed by atoms with Crippen LogP contribution in [0.5, 0.6) is 11.5 Å². The highest BCUT2D eigenvalue weighted by Gasteiger charge is 2.15. The largest absolute Gasteiger partial charge is 0.493 e. The number of ether oxygens (including phenoxy) is 2. The number of rotatable bonds is 6. The number of nitrogens with two attached hydrogens (primary N) is 1. The summed E-state index contributed by atoms with van der Waals surface area (Å²) >= 11 is 0. The van der Waals surface area contributed by atoms with E-state index in [1.165, 1.54) is 26.3 Å². The molecule has 0 aliphatic carbocycles. The maximum absolute atomic E-state index is 11.0. The van der Waals surface area contributed by atoms with E-state index in [2.05, 4.69) is 5.32 Å². The quantitative estimate of drug-likeness (QED) is 0.647. The van der Waals surface area contributed by atoms with Crippen LogP contribution in [0.3, 0.4) is 0 Å². The van der Waals surface area contributed by atoms with Crippen molar-refractivity contribution in [2.75, 3.05) is 26.5 Å². The predicted molar refractivity (Wildman–Crippen MR) is 68.5 cm³/mol. The molecule has 1 aromatic rings. The number of carbonyl (C=O) groups excluding carboxylic acids is 1. The summed E-state index contributed by atoms with van der Waals surface area (Å²) in [4.78, 5) is 22.0. The molecule has 104 valence electrons. The smallest absolute Gasteiger partial charge is 0.337 e. The Morgan fingerprint density at radius 3 is 2.58 bits per heavy atom. The Bertz CT molecular complexity index is 487. The molecule has 0 saturated heterocycles. The first-order valence-corrected chi connectivity index (χ1v) is 5.53. The first-order chi connectivity index (χ1) is 8.99. The molecule has 1 aromatic carbocycles. The van der Waals surface area contributed by atoms with Crippen LogP contribution in [0.15, 0.2) is 12.1 Å². The minimum absolute atomic E-state index is 0.0734. The minimum atomic E-state index is -1.16. The zero-order valence-corrected chi connectivity index (χ0v) is 10.7. The molecule has 1 rings (SSSR count). The number of carboxylic acids is 1. The number of aromatic carboxylic acids is 1. The van der Waals surface area contributed by atoms with Gasteiger partial charge in [0.15, 0.2) is 11.5 Å². The third-order valence-electron chi connectivity index (χ3n) is 2.43. The number of hydrogen-bond donors (Lipinski definition) is 3. The highest BCUT2D eigenvalue weighted by molar-refractivity contribution is 5.94. The molecule has 0 heterocycles. The Kier molecular flexibility index (Phi) is 4.99. The zero-order valence-electron chi connectivity index (χ0n) is 10.7. The second kappa shape index (κ2) is 6.48. The van der Waals surface area contributed by atoms with Crippen LogP contribution in [-0.2, 0) is 4.79 Å². The first kappa shape index (κ1) is 14.6. The van der Waals surface area contributed by atoms with Gasteiger partial charge < -0.3 is 25.6 Å². The summed E-state index contributed by atoms with van der Waals surface area (Å²) in [5.41, 5.74) is 5.60.